The van der Waals surface area contributed by atoms with Gasteiger partial charge in [0, 0.05) is 11.1 Å². The fraction of sp³-hybridized carbons (Fsp3) is 0.438. The molecule has 2 N–H and O–H groups in total. The van der Waals surface area contributed by atoms with Gasteiger partial charge in [0.25, 0.3) is 5.91 Å². The van der Waals surface area contributed by atoms with Crippen molar-refractivity contribution < 1.29 is 14.0 Å². The molecule has 0 aliphatic heterocycles. The van der Waals surface area contributed by atoms with E-state index in [0.717, 1.165) is 36.4 Å². The third-order valence-electron chi connectivity index (χ3n) is 4.06. The molecular formula is C16H19N3O3S. The van der Waals surface area contributed by atoms with Gasteiger partial charge in [0.05, 0.1) is 23.9 Å². The standard InChI is InChI=1S/C16H19N3O3S/c1-11-10-23-15(18-11)16(5-2-3-6-16)19-13(20)8-17-14(21)12-4-7-22-9-12/h4,7,9-10H,2-3,5-6,8H2,1H3,(H,17,21)(H,19,20). The normalized spacial score (nSPS) is 16.2. The molecule has 1 aliphatic carbocycles. The van der Waals surface area contributed by atoms with Crippen LogP contribution in [0.25, 0.3) is 0 Å². The number of carbonyl (C=O) groups excluding carboxylic acids is 2. The molecule has 1 saturated carbocycles. The zero-order valence-corrected chi connectivity index (χ0v) is 13.7. The van der Waals surface area contributed by atoms with Crippen molar-refractivity contribution in [3.8, 4) is 0 Å². The minimum Gasteiger partial charge on any atom is -0.472 e. The predicted octanol–water partition coefficient (Wildman–Crippen LogP) is 2.36. The first-order chi connectivity index (χ1) is 11.1. The van der Waals surface area contributed by atoms with Crippen molar-refractivity contribution in [2.45, 2.75) is 38.1 Å². The number of aromatic nitrogens is 1. The molecule has 6 nitrogen and oxygen atoms in total. The summed E-state index contributed by atoms with van der Waals surface area (Å²) in [7, 11) is 0. The number of carbonyl (C=O) groups is 2. The summed E-state index contributed by atoms with van der Waals surface area (Å²) in [4.78, 5) is 28.7. The molecule has 7 heteroatoms. The van der Waals surface area contributed by atoms with Crippen LogP contribution in [-0.2, 0) is 10.3 Å². The Morgan fingerprint density at radius 2 is 2.17 bits per heavy atom. The van der Waals surface area contributed by atoms with Crippen molar-refractivity contribution in [3.63, 3.8) is 0 Å². The van der Waals surface area contributed by atoms with Gasteiger partial charge in [-0.2, -0.15) is 0 Å². The number of nitrogens with zero attached hydrogens (tertiary/aromatic N) is 1. The highest BCUT2D eigenvalue weighted by Crippen LogP contribution is 2.40. The smallest absolute Gasteiger partial charge is 0.254 e. The molecule has 0 aromatic carbocycles. The largest absolute Gasteiger partial charge is 0.472 e. The molecule has 0 saturated heterocycles. The van der Waals surface area contributed by atoms with Crippen LogP contribution in [-0.4, -0.2) is 23.3 Å². The van der Waals surface area contributed by atoms with Gasteiger partial charge in [-0.3, -0.25) is 9.59 Å². The summed E-state index contributed by atoms with van der Waals surface area (Å²) in [6.45, 7) is 1.89. The summed E-state index contributed by atoms with van der Waals surface area (Å²) in [5, 5.41) is 8.66. The zero-order valence-electron chi connectivity index (χ0n) is 12.9. The first-order valence-electron chi connectivity index (χ1n) is 7.63. The van der Waals surface area contributed by atoms with E-state index in [1.54, 1.807) is 17.4 Å². The summed E-state index contributed by atoms with van der Waals surface area (Å²) in [5.74, 6) is -0.518. The van der Waals surface area contributed by atoms with Gasteiger partial charge in [-0.05, 0) is 25.8 Å². The number of thiazole rings is 1. The van der Waals surface area contributed by atoms with E-state index in [1.165, 1.54) is 12.5 Å². The van der Waals surface area contributed by atoms with E-state index in [-0.39, 0.29) is 23.9 Å². The number of hydrogen-bond donors (Lipinski definition) is 2. The molecule has 0 spiro atoms. The maximum atomic E-state index is 12.3. The molecule has 23 heavy (non-hydrogen) atoms. The summed E-state index contributed by atoms with van der Waals surface area (Å²) in [6.07, 6.45) is 6.70. The molecule has 2 amide bonds. The molecule has 0 unspecified atom stereocenters. The van der Waals surface area contributed by atoms with Gasteiger partial charge >= 0.3 is 0 Å². The van der Waals surface area contributed by atoms with E-state index in [9.17, 15) is 9.59 Å². The fourth-order valence-corrected chi connectivity index (χ4v) is 3.92. The average Bonchev–Trinajstić information content (AvgIpc) is 3.26. The van der Waals surface area contributed by atoms with Gasteiger partial charge in [-0.1, -0.05) is 12.8 Å². The van der Waals surface area contributed by atoms with Crippen LogP contribution in [0.5, 0.6) is 0 Å². The van der Waals surface area contributed by atoms with E-state index < -0.39 is 0 Å². The van der Waals surface area contributed by atoms with Gasteiger partial charge in [0.2, 0.25) is 5.91 Å². The third-order valence-corrected chi connectivity index (χ3v) is 5.22. The molecule has 122 valence electrons. The molecule has 2 heterocycles. The van der Waals surface area contributed by atoms with E-state index in [4.69, 9.17) is 4.42 Å². The predicted molar refractivity (Wildman–Crippen MR) is 86.2 cm³/mol. The van der Waals surface area contributed by atoms with Crippen molar-refractivity contribution in [3.05, 3.63) is 40.2 Å². The molecule has 2 aromatic rings. The number of hydrogen-bond acceptors (Lipinski definition) is 5. The summed E-state index contributed by atoms with van der Waals surface area (Å²) in [6, 6.07) is 1.56. The van der Waals surface area contributed by atoms with Gasteiger partial charge in [-0.25, -0.2) is 4.98 Å². The fourth-order valence-electron chi connectivity index (χ4n) is 2.91. The first kappa shape index (κ1) is 15.7. The lowest BCUT2D eigenvalue weighted by molar-refractivity contribution is -0.122. The van der Waals surface area contributed by atoms with Crippen LogP contribution in [0.15, 0.2) is 28.4 Å². The van der Waals surface area contributed by atoms with Gasteiger partial charge in [0.1, 0.15) is 11.3 Å². The van der Waals surface area contributed by atoms with Crippen LogP contribution < -0.4 is 10.6 Å². The van der Waals surface area contributed by atoms with E-state index in [0.29, 0.717) is 5.56 Å². The number of nitrogens with one attached hydrogen (secondary N) is 2. The average molecular weight is 333 g/mol. The third kappa shape index (κ3) is 3.44. The lowest BCUT2D eigenvalue weighted by Crippen LogP contribution is -2.47. The Kier molecular flexibility index (Phi) is 4.47. The SMILES string of the molecule is Cc1csc(C2(NC(=O)CNC(=O)c3ccoc3)CCCC2)n1. The van der Waals surface area contributed by atoms with Crippen LogP contribution in [0, 0.1) is 6.92 Å². The molecule has 3 rings (SSSR count). The number of rotatable bonds is 5. The van der Waals surface area contributed by atoms with E-state index >= 15 is 0 Å². The molecule has 1 fully saturated rings. The second kappa shape index (κ2) is 6.54. The molecule has 0 atom stereocenters. The molecule has 0 radical (unpaired) electrons. The quantitative estimate of drug-likeness (QED) is 0.880. The Bertz CT molecular complexity index is 687. The Labute approximate surface area is 138 Å². The van der Waals surface area contributed by atoms with Crippen molar-refractivity contribution in [2.24, 2.45) is 0 Å². The van der Waals surface area contributed by atoms with Crippen LogP contribution >= 0.6 is 11.3 Å². The zero-order chi connectivity index (χ0) is 16.3. The maximum absolute atomic E-state index is 12.3. The monoisotopic (exact) mass is 333 g/mol. The molecule has 2 aromatic heterocycles. The summed E-state index contributed by atoms with van der Waals surface area (Å²) < 4.78 is 4.86. The summed E-state index contributed by atoms with van der Waals surface area (Å²) in [5.41, 5.74) is 0.999. The Morgan fingerprint density at radius 3 is 2.78 bits per heavy atom. The van der Waals surface area contributed by atoms with Crippen molar-refractivity contribution in [1.29, 1.82) is 0 Å². The molecule has 1 aliphatic rings. The number of furan rings is 1. The van der Waals surface area contributed by atoms with Gasteiger partial charge in [-0.15, -0.1) is 11.3 Å². The van der Waals surface area contributed by atoms with E-state index in [2.05, 4.69) is 15.6 Å². The second-order valence-corrected chi connectivity index (χ2v) is 6.68. The first-order valence-corrected chi connectivity index (χ1v) is 8.51. The van der Waals surface area contributed by atoms with Gasteiger partial charge in [0.15, 0.2) is 0 Å². The highest BCUT2D eigenvalue weighted by molar-refractivity contribution is 7.09. The van der Waals surface area contributed by atoms with Gasteiger partial charge < -0.3 is 15.1 Å². The van der Waals surface area contributed by atoms with Crippen LogP contribution in [0.2, 0.25) is 0 Å². The van der Waals surface area contributed by atoms with Crippen molar-refractivity contribution in [2.75, 3.05) is 6.54 Å². The summed E-state index contributed by atoms with van der Waals surface area (Å²) >= 11 is 1.58. The van der Waals surface area contributed by atoms with Crippen LogP contribution in [0.3, 0.4) is 0 Å². The van der Waals surface area contributed by atoms with Crippen molar-refractivity contribution in [1.82, 2.24) is 15.6 Å². The highest BCUT2D eigenvalue weighted by Gasteiger charge is 2.39. The second-order valence-electron chi connectivity index (χ2n) is 5.83. The number of amides is 2. The van der Waals surface area contributed by atoms with Crippen LogP contribution in [0.4, 0.5) is 0 Å². The molecular weight excluding hydrogens is 314 g/mol. The highest BCUT2D eigenvalue weighted by atomic mass is 32.1. The lowest BCUT2D eigenvalue weighted by atomic mass is 9.98. The Hall–Kier alpha value is -2.15. The topological polar surface area (TPSA) is 84.2 Å². The minimum atomic E-state index is -0.379. The lowest BCUT2D eigenvalue weighted by Gasteiger charge is -2.28. The Balaban J connectivity index is 1.62. The van der Waals surface area contributed by atoms with Crippen molar-refractivity contribution >= 4 is 23.2 Å². The number of aryl methyl sites for hydroxylation is 1. The van der Waals surface area contributed by atoms with Crippen LogP contribution in [0.1, 0.15) is 46.7 Å². The van der Waals surface area contributed by atoms with E-state index in [1.807, 2.05) is 12.3 Å². The molecule has 0 bridgehead atoms. The Morgan fingerprint density at radius 1 is 1.39 bits per heavy atom. The minimum absolute atomic E-state index is 0.0594. The maximum Gasteiger partial charge on any atom is 0.254 e.